The Labute approximate surface area is 161 Å². The van der Waals surface area contributed by atoms with Crippen molar-refractivity contribution in [2.75, 3.05) is 11.4 Å². The van der Waals surface area contributed by atoms with Gasteiger partial charge in [0.25, 0.3) is 0 Å². The fourth-order valence-corrected chi connectivity index (χ4v) is 4.73. The second kappa shape index (κ2) is 7.82. The summed E-state index contributed by atoms with van der Waals surface area (Å²) in [7, 11) is -3.65. The van der Waals surface area contributed by atoms with Gasteiger partial charge < -0.3 is 4.90 Å². The van der Waals surface area contributed by atoms with Crippen molar-refractivity contribution in [2.24, 2.45) is 0 Å². The van der Waals surface area contributed by atoms with Crippen molar-refractivity contribution in [3.8, 4) is 0 Å². The van der Waals surface area contributed by atoms with Gasteiger partial charge in [-0.15, -0.1) is 0 Å². The summed E-state index contributed by atoms with van der Waals surface area (Å²) in [4.78, 5) is 13.9. The Bertz CT molecular complexity index is 936. The van der Waals surface area contributed by atoms with Gasteiger partial charge in [0.15, 0.2) is 0 Å². The third-order valence-corrected chi connectivity index (χ3v) is 6.60. The molecule has 0 saturated carbocycles. The van der Waals surface area contributed by atoms with E-state index in [1.54, 1.807) is 23.1 Å². The van der Waals surface area contributed by atoms with Crippen molar-refractivity contribution in [2.45, 2.75) is 51.0 Å². The van der Waals surface area contributed by atoms with Gasteiger partial charge in [-0.2, -0.15) is 0 Å². The van der Waals surface area contributed by atoms with Gasteiger partial charge in [0, 0.05) is 24.7 Å². The molecule has 1 aliphatic heterocycles. The number of amides is 1. The Hall–Kier alpha value is -2.18. The zero-order valence-electron chi connectivity index (χ0n) is 16.0. The van der Waals surface area contributed by atoms with E-state index in [2.05, 4.69) is 11.6 Å². The average molecular weight is 387 g/mol. The molecular weight excluding hydrogens is 360 g/mol. The topological polar surface area (TPSA) is 66.5 Å². The van der Waals surface area contributed by atoms with Gasteiger partial charge in [0.05, 0.1) is 4.90 Å². The minimum atomic E-state index is -3.65. The highest BCUT2D eigenvalue weighted by atomic mass is 32.2. The SMILES string of the molecule is CCc1ccc([C@@H](C)NS(=O)(=O)c2ccc(N3CCCC3=O)c(C)c2)cc1. The second-order valence-corrected chi connectivity index (χ2v) is 8.75. The fourth-order valence-electron chi connectivity index (χ4n) is 3.41. The van der Waals surface area contributed by atoms with E-state index in [0.29, 0.717) is 13.0 Å². The Balaban J connectivity index is 1.79. The summed E-state index contributed by atoms with van der Waals surface area (Å²) in [6.07, 6.45) is 2.34. The molecule has 2 aromatic carbocycles. The second-order valence-electron chi connectivity index (χ2n) is 7.04. The van der Waals surface area contributed by atoms with Crippen LogP contribution in [0.1, 0.15) is 49.4 Å². The minimum Gasteiger partial charge on any atom is -0.312 e. The van der Waals surface area contributed by atoms with Crippen LogP contribution in [0.3, 0.4) is 0 Å². The van der Waals surface area contributed by atoms with Gasteiger partial charge in [0.1, 0.15) is 0 Å². The van der Waals surface area contributed by atoms with Crippen molar-refractivity contribution >= 4 is 21.6 Å². The first kappa shape index (κ1) is 19.6. The summed E-state index contributed by atoms with van der Waals surface area (Å²) in [6, 6.07) is 12.6. The molecular formula is C21H26N2O3S. The first-order valence-corrected chi connectivity index (χ1v) is 10.8. The smallest absolute Gasteiger partial charge is 0.241 e. The van der Waals surface area contributed by atoms with E-state index < -0.39 is 10.0 Å². The molecule has 1 saturated heterocycles. The number of nitrogens with zero attached hydrogens (tertiary/aromatic N) is 1. The molecule has 0 aromatic heterocycles. The number of carbonyl (C=O) groups excluding carboxylic acids is 1. The van der Waals surface area contributed by atoms with Gasteiger partial charge in [0.2, 0.25) is 15.9 Å². The van der Waals surface area contributed by atoms with Gasteiger partial charge in [-0.25, -0.2) is 13.1 Å². The van der Waals surface area contributed by atoms with Crippen LogP contribution in [0.5, 0.6) is 0 Å². The maximum Gasteiger partial charge on any atom is 0.241 e. The lowest BCUT2D eigenvalue weighted by atomic mass is 10.1. The van der Waals surface area contributed by atoms with Crippen LogP contribution in [0.15, 0.2) is 47.4 Å². The summed E-state index contributed by atoms with van der Waals surface area (Å²) in [5, 5.41) is 0. The third kappa shape index (κ3) is 4.22. The molecule has 0 unspecified atom stereocenters. The molecule has 2 aromatic rings. The van der Waals surface area contributed by atoms with Crippen LogP contribution in [-0.2, 0) is 21.2 Å². The highest BCUT2D eigenvalue weighted by Crippen LogP contribution is 2.28. The van der Waals surface area contributed by atoms with E-state index in [1.165, 1.54) is 5.56 Å². The van der Waals surface area contributed by atoms with Gasteiger partial charge in [-0.3, -0.25) is 4.79 Å². The summed E-state index contributed by atoms with van der Waals surface area (Å²) < 4.78 is 28.3. The normalized spacial score (nSPS) is 16.0. The number of hydrogen-bond acceptors (Lipinski definition) is 3. The van der Waals surface area contributed by atoms with Gasteiger partial charge >= 0.3 is 0 Å². The maximum atomic E-state index is 12.8. The zero-order chi connectivity index (χ0) is 19.6. The number of benzene rings is 2. The number of nitrogens with one attached hydrogen (secondary N) is 1. The average Bonchev–Trinajstić information content (AvgIpc) is 3.07. The number of anilines is 1. The van der Waals surface area contributed by atoms with Crippen molar-refractivity contribution < 1.29 is 13.2 Å². The van der Waals surface area contributed by atoms with Crippen LogP contribution in [0.2, 0.25) is 0 Å². The molecule has 5 nitrogen and oxygen atoms in total. The first-order valence-electron chi connectivity index (χ1n) is 9.34. The number of aryl methyl sites for hydroxylation is 2. The molecule has 0 radical (unpaired) electrons. The van der Waals surface area contributed by atoms with E-state index in [1.807, 2.05) is 38.1 Å². The van der Waals surface area contributed by atoms with E-state index >= 15 is 0 Å². The molecule has 1 atom stereocenters. The number of sulfonamides is 1. The van der Waals surface area contributed by atoms with Crippen LogP contribution in [0.4, 0.5) is 5.69 Å². The standard InChI is InChI=1S/C21H26N2O3S/c1-4-17-7-9-18(10-8-17)16(3)22-27(25,26)19-11-12-20(15(2)14-19)23-13-5-6-21(23)24/h7-12,14,16,22H,4-6,13H2,1-3H3/t16-/m1/s1. The number of rotatable bonds is 6. The van der Waals surface area contributed by atoms with Crippen LogP contribution < -0.4 is 9.62 Å². The first-order chi connectivity index (χ1) is 12.8. The summed E-state index contributed by atoms with van der Waals surface area (Å²) in [6.45, 7) is 6.45. The minimum absolute atomic E-state index is 0.0935. The molecule has 1 aliphatic rings. The molecule has 6 heteroatoms. The molecule has 27 heavy (non-hydrogen) atoms. The van der Waals surface area contributed by atoms with E-state index in [9.17, 15) is 13.2 Å². The Morgan fingerprint density at radius 2 is 1.85 bits per heavy atom. The van der Waals surface area contributed by atoms with Crippen molar-refractivity contribution in [1.82, 2.24) is 4.72 Å². The van der Waals surface area contributed by atoms with E-state index in [-0.39, 0.29) is 16.8 Å². The lowest BCUT2D eigenvalue weighted by Crippen LogP contribution is -2.28. The predicted molar refractivity (Wildman–Crippen MR) is 107 cm³/mol. The number of carbonyl (C=O) groups is 1. The molecule has 1 fully saturated rings. The van der Waals surface area contributed by atoms with Crippen LogP contribution in [0.25, 0.3) is 0 Å². The van der Waals surface area contributed by atoms with Gasteiger partial charge in [-0.05, 0) is 61.6 Å². The Morgan fingerprint density at radius 3 is 2.41 bits per heavy atom. The molecule has 144 valence electrons. The molecule has 0 bridgehead atoms. The lowest BCUT2D eigenvalue weighted by Gasteiger charge is -2.20. The third-order valence-electron chi connectivity index (χ3n) is 5.06. The highest BCUT2D eigenvalue weighted by molar-refractivity contribution is 7.89. The van der Waals surface area contributed by atoms with Crippen molar-refractivity contribution in [3.05, 3.63) is 59.2 Å². The lowest BCUT2D eigenvalue weighted by molar-refractivity contribution is -0.117. The molecule has 1 N–H and O–H groups in total. The summed E-state index contributed by atoms with van der Waals surface area (Å²) >= 11 is 0. The quantitative estimate of drug-likeness (QED) is 0.823. The van der Waals surface area contributed by atoms with Crippen molar-refractivity contribution in [3.63, 3.8) is 0 Å². The highest BCUT2D eigenvalue weighted by Gasteiger charge is 2.25. The molecule has 0 aliphatic carbocycles. The van der Waals surface area contributed by atoms with E-state index in [0.717, 1.165) is 29.7 Å². The van der Waals surface area contributed by atoms with Crippen LogP contribution in [0, 0.1) is 6.92 Å². The summed E-state index contributed by atoms with van der Waals surface area (Å²) in [5.41, 5.74) is 3.72. The van der Waals surface area contributed by atoms with Crippen LogP contribution >= 0.6 is 0 Å². The van der Waals surface area contributed by atoms with E-state index in [4.69, 9.17) is 0 Å². The molecule has 0 spiro atoms. The Kier molecular flexibility index (Phi) is 5.67. The maximum absolute atomic E-state index is 12.8. The summed E-state index contributed by atoms with van der Waals surface area (Å²) in [5.74, 6) is 0.0935. The monoisotopic (exact) mass is 386 g/mol. The van der Waals surface area contributed by atoms with Gasteiger partial charge in [-0.1, -0.05) is 31.2 Å². The predicted octanol–water partition coefficient (Wildman–Crippen LogP) is 3.72. The molecule has 3 rings (SSSR count). The Morgan fingerprint density at radius 1 is 1.15 bits per heavy atom. The largest absolute Gasteiger partial charge is 0.312 e. The number of hydrogen-bond donors (Lipinski definition) is 1. The molecule has 1 heterocycles. The zero-order valence-corrected chi connectivity index (χ0v) is 16.8. The van der Waals surface area contributed by atoms with Crippen molar-refractivity contribution in [1.29, 1.82) is 0 Å². The van der Waals surface area contributed by atoms with Crippen LogP contribution in [-0.4, -0.2) is 20.9 Å². The molecule has 1 amide bonds. The fraction of sp³-hybridized carbons (Fsp3) is 0.381.